The number of sulfonamides is 1. The van der Waals surface area contributed by atoms with E-state index in [9.17, 15) is 13.2 Å². The summed E-state index contributed by atoms with van der Waals surface area (Å²) in [4.78, 5) is 12.4. The maximum Gasteiger partial charge on any atom is 0.271 e. The second-order valence-corrected chi connectivity index (χ2v) is 8.12. The molecule has 1 amide bonds. The van der Waals surface area contributed by atoms with Gasteiger partial charge in [0.25, 0.3) is 15.9 Å². The average molecular weight is 420 g/mol. The molecule has 152 valence electrons. The lowest BCUT2D eigenvalue weighted by atomic mass is 10.2. The summed E-state index contributed by atoms with van der Waals surface area (Å²) in [5.74, 6) is -0.389. The van der Waals surface area contributed by atoms with Crippen LogP contribution in [-0.4, -0.2) is 20.0 Å². The first kappa shape index (κ1) is 21.0. The fourth-order valence-corrected chi connectivity index (χ4v) is 3.60. The molecule has 30 heavy (non-hydrogen) atoms. The maximum absolute atomic E-state index is 12.3. The smallest absolute Gasteiger partial charge is 0.271 e. The van der Waals surface area contributed by atoms with Gasteiger partial charge in [-0.15, -0.1) is 0 Å². The Labute approximate surface area is 176 Å². The summed E-state index contributed by atoms with van der Waals surface area (Å²) in [5.41, 5.74) is 4.88. The van der Waals surface area contributed by atoms with Crippen molar-refractivity contribution in [1.29, 1.82) is 0 Å². The SMILES string of the molecule is CC(/C=C/c1ccccc1)=N/NC(=O)c1ccc(NS(=O)(=O)c2ccccc2)cc1. The molecule has 3 aromatic rings. The topological polar surface area (TPSA) is 87.6 Å². The second kappa shape index (κ2) is 9.67. The van der Waals surface area contributed by atoms with Crippen LogP contribution >= 0.6 is 0 Å². The Balaban J connectivity index is 1.60. The summed E-state index contributed by atoms with van der Waals surface area (Å²) in [6.07, 6.45) is 3.70. The van der Waals surface area contributed by atoms with Crippen LogP contribution in [0.4, 0.5) is 5.69 Å². The highest BCUT2D eigenvalue weighted by Gasteiger charge is 2.13. The molecule has 6 nitrogen and oxygen atoms in total. The molecule has 7 heteroatoms. The summed E-state index contributed by atoms with van der Waals surface area (Å²) in [7, 11) is -3.68. The van der Waals surface area contributed by atoms with E-state index in [4.69, 9.17) is 0 Å². The molecule has 0 heterocycles. The van der Waals surface area contributed by atoms with Gasteiger partial charge < -0.3 is 0 Å². The highest BCUT2D eigenvalue weighted by atomic mass is 32.2. The minimum absolute atomic E-state index is 0.167. The van der Waals surface area contributed by atoms with Crippen LogP contribution in [0, 0.1) is 0 Å². The van der Waals surface area contributed by atoms with E-state index in [1.54, 1.807) is 31.2 Å². The van der Waals surface area contributed by atoms with Gasteiger partial charge in [0.15, 0.2) is 0 Å². The number of hydrazone groups is 1. The Bertz CT molecular complexity index is 1160. The first-order chi connectivity index (χ1) is 14.4. The Kier molecular flexibility index (Phi) is 6.77. The number of rotatable bonds is 7. The van der Waals surface area contributed by atoms with Gasteiger partial charge in [0, 0.05) is 11.3 Å². The normalized spacial score (nSPS) is 12.0. The third-order valence-corrected chi connectivity index (χ3v) is 5.50. The first-order valence-electron chi connectivity index (χ1n) is 9.20. The molecule has 0 aliphatic heterocycles. The molecule has 0 unspecified atom stereocenters. The number of nitrogens with zero attached hydrogens (tertiary/aromatic N) is 1. The number of benzene rings is 3. The van der Waals surface area contributed by atoms with E-state index in [1.165, 1.54) is 36.4 Å². The van der Waals surface area contributed by atoms with Gasteiger partial charge in [-0.3, -0.25) is 9.52 Å². The summed E-state index contributed by atoms with van der Waals surface area (Å²) in [6, 6.07) is 24.0. The van der Waals surface area contributed by atoms with Crippen LogP contribution in [0.1, 0.15) is 22.8 Å². The molecule has 0 fully saturated rings. The molecule has 0 saturated heterocycles. The van der Waals surface area contributed by atoms with Crippen LogP contribution < -0.4 is 10.1 Å². The van der Waals surface area contributed by atoms with E-state index >= 15 is 0 Å². The van der Waals surface area contributed by atoms with Crippen molar-refractivity contribution in [3.63, 3.8) is 0 Å². The standard InChI is InChI=1S/C23H21N3O3S/c1-18(12-13-19-8-4-2-5-9-19)24-25-23(27)20-14-16-21(17-15-20)26-30(28,29)22-10-6-3-7-11-22/h2-17,26H,1H3,(H,25,27)/b13-12+,24-18-. The molecule has 3 aromatic carbocycles. The van der Waals surface area contributed by atoms with Crippen LogP contribution in [-0.2, 0) is 10.0 Å². The molecular weight excluding hydrogens is 398 g/mol. The largest absolute Gasteiger partial charge is 0.280 e. The van der Waals surface area contributed by atoms with Gasteiger partial charge in [0.05, 0.1) is 10.6 Å². The van der Waals surface area contributed by atoms with Crippen molar-refractivity contribution in [2.75, 3.05) is 4.72 Å². The average Bonchev–Trinajstić information content (AvgIpc) is 2.77. The Morgan fingerprint density at radius 2 is 1.47 bits per heavy atom. The van der Waals surface area contributed by atoms with Crippen molar-refractivity contribution in [3.8, 4) is 0 Å². The third kappa shape index (κ3) is 5.89. The van der Waals surface area contributed by atoms with Gasteiger partial charge in [0.1, 0.15) is 0 Å². The summed E-state index contributed by atoms with van der Waals surface area (Å²) >= 11 is 0. The van der Waals surface area contributed by atoms with Crippen molar-refractivity contribution >= 4 is 33.4 Å². The molecule has 2 N–H and O–H groups in total. The number of carbonyl (C=O) groups is 1. The van der Waals surface area contributed by atoms with Crippen molar-refractivity contribution in [2.24, 2.45) is 5.10 Å². The number of nitrogens with one attached hydrogen (secondary N) is 2. The molecule has 0 aliphatic rings. The molecule has 3 rings (SSSR count). The van der Waals surface area contributed by atoms with E-state index in [-0.39, 0.29) is 10.8 Å². The van der Waals surface area contributed by atoms with E-state index in [0.717, 1.165) is 5.56 Å². The number of hydrogen-bond donors (Lipinski definition) is 2. The molecule has 0 radical (unpaired) electrons. The van der Waals surface area contributed by atoms with Gasteiger partial charge in [-0.1, -0.05) is 54.6 Å². The minimum atomic E-state index is -3.68. The molecule has 0 aliphatic carbocycles. The summed E-state index contributed by atoms with van der Waals surface area (Å²) < 4.78 is 27.2. The predicted octanol–water partition coefficient (Wildman–Crippen LogP) is 4.31. The number of carbonyl (C=O) groups excluding carboxylic acids is 1. The van der Waals surface area contributed by atoms with Crippen LogP contribution in [0.15, 0.2) is 101 Å². The van der Waals surface area contributed by atoms with Crippen LogP contribution in [0.3, 0.4) is 0 Å². The summed E-state index contributed by atoms with van der Waals surface area (Å²) in [6.45, 7) is 1.78. The van der Waals surface area contributed by atoms with Crippen molar-refractivity contribution in [1.82, 2.24) is 5.43 Å². The highest BCUT2D eigenvalue weighted by molar-refractivity contribution is 7.92. The van der Waals surface area contributed by atoms with E-state index in [2.05, 4.69) is 15.2 Å². The van der Waals surface area contributed by atoms with E-state index in [1.807, 2.05) is 36.4 Å². The lowest BCUT2D eigenvalue weighted by Gasteiger charge is -2.08. The lowest BCUT2D eigenvalue weighted by molar-refractivity contribution is 0.0955. The zero-order valence-electron chi connectivity index (χ0n) is 16.3. The molecule has 0 spiro atoms. The Morgan fingerprint density at radius 1 is 0.867 bits per heavy atom. The zero-order chi connectivity index (χ0) is 21.4. The minimum Gasteiger partial charge on any atom is -0.280 e. The fraction of sp³-hybridized carbons (Fsp3) is 0.0435. The van der Waals surface area contributed by atoms with Crippen LogP contribution in [0.2, 0.25) is 0 Å². The Hall–Kier alpha value is -3.71. The lowest BCUT2D eigenvalue weighted by Crippen LogP contribution is -2.19. The number of anilines is 1. The quantitative estimate of drug-likeness (QED) is 0.442. The van der Waals surface area contributed by atoms with Gasteiger partial charge in [-0.2, -0.15) is 5.10 Å². The molecule has 0 saturated carbocycles. The van der Waals surface area contributed by atoms with E-state index in [0.29, 0.717) is 17.0 Å². The van der Waals surface area contributed by atoms with Crippen molar-refractivity contribution in [3.05, 3.63) is 102 Å². The van der Waals surface area contributed by atoms with Gasteiger partial charge >= 0.3 is 0 Å². The van der Waals surface area contributed by atoms with Crippen molar-refractivity contribution < 1.29 is 13.2 Å². The molecular formula is C23H21N3O3S. The number of amides is 1. The van der Waals surface area contributed by atoms with Gasteiger partial charge in [-0.25, -0.2) is 13.8 Å². The van der Waals surface area contributed by atoms with Crippen molar-refractivity contribution in [2.45, 2.75) is 11.8 Å². The summed E-state index contributed by atoms with van der Waals surface area (Å²) in [5, 5.41) is 4.06. The monoisotopic (exact) mass is 419 g/mol. The predicted molar refractivity (Wildman–Crippen MR) is 120 cm³/mol. The maximum atomic E-state index is 12.3. The van der Waals surface area contributed by atoms with Gasteiger partial charge in [-0.05, 0) is 55.0 Å². The van der Waals surface area contributed by atoms with Crippen LogP contribution in [0.5, 0.6) is 0 Å². The number of hydrogen-bond acceptors (Lipinski definition) is 4. The zero-order valence-corrected chi connectivity index (χ0v) is 17.1. The fourth-order valence-electron chi connectivity index (χ4n) is 2.53. The first-order valence-corrected chi connectivity index (χ1v) is 10.7. The third-order valence-electron chi connectivity index (χ3n) is 4.10. The molecule has 0 bridgehead atoms. The van der Waals surface area contributed by atoms with Crippen LogP contribution in [0.25, 0.3) is 6.08 Å². The van der Waals surface area contributed by atoms with Gasteiger partial charge in [0.2, 0.25) is 0 Å². The van der Waals surface area contributed by atoms with E-state index < -0.39 is 10.0 Å². The highest BCUT2D eigenvalue weighted by Crippen LogP contribution is 2.16. The number of allylic oxidation sites excluding steroid dienone is 1. The molecule has 0 atom stereocenters. The molecule has 0 aromatic heterocycles. The second-order valence-electron chi connectivity index (χ2n) is 6.43. The Morgan fingerprint density at radius 3 is 2.10 bits per heavy atom.